The van der Waals surface area contributed by atoms with Crippen LogP contribution in [0, 0.1) is 0 Å². The summed E-state index contributed by atoms with van der Waals surface area (Å²) in [7, 11) is 0. The number of nitrogens with one attached hydrogen (secondary N) is 2. The van der Waals surface area contributed by atoms with Gasteiger partial charge in [-0.25, -0.2) is 4.98 Å². The van der Waals surface area contributed by atoms with Crippen LogP contribution in [-0.2, 0) is 6.54 Å². The highest BCUT2D eigenvalue weighted by Crippen LogP contribution is 2.02. The molecule has 3 aromatic rings. The number of pyridine rings is 1. The van der Waals surface area contributed by atoms with Crippen LogP contribution in [0.25, 0.3) is 5.65 Å². The average Bonchev–Trinajstić information content (AvgIpc) is 3.06. The quantitative estimate of drug-likeness (QED) is 0.662. The molecule has 8 nitrogen and oxygen atoms in total. The first-order chi connectivity index (χ1) is 8.84. The number of aromatic nitrogens is 6. The molecule has 0 bridgehead atoms. The molecule has 0 spiro atoms. The van der Waals surface area contributed by atoms with Crippen molar-refractivity contribution in [1.29, 1.82) is 0 Å². The monoisotopic (exact) mass is 243 g/mol. The molecule has 0 aliphatic rings. The average molecular weight is 243 g/mol. The van der Waals surface area contributed by atoms with Gasteiger partial charge in [0.25, 0.3) is 5.91 Å². The van der Waals surface area contributed by atoms with Gasteiger partial charge in [-0.3, -0.25) is 14.3 Å². The Balaban J connectivity index is 1.76. The summed E-state index contributed by atoms with van der Waals surface area (Å²) in [5.41, 5.74) is 0.737. The molecule has 0 radical (unpaired) electrons. The molecule has 3 aromatic heterocycles. The number of aromatic amines is 1. The Bertz CT molecular complexity index is 672. The molecule has 3 heterocycles. The summed E-state index contributed by atoms with van der Waals surface area (Å²) in [5, 5.41) is 16.8. The Labute approximate surface area is 101 Å². The van der Waals surface area contributed by atoms with Gasteiger partial charge in [0.2, 0.25) is 5.82 Å². The van der Waals surface area contributed by atoms with Crippen molar-refractivity contribution in [2.75, 3.05) is 0 Å². The second-order valence-electron chi connectivity index (χ2n) is 3.56. The van der Waals surface area contributed by atoms with E-state index >= 15 is 0 Å². The normalized spacial score (nSPS) is 10.7. The van der Waals surface area contributed by atoms with Crippen LogP contribution in [0.2, 0.25) is 0 Å². The molecular formula is C10H9N7O. The molecular weight excluding hydrogens is 234 g/mol. The van der Waals surface area contributed by atoms with E-state index < -0.39 is 0 Å². The van der Waals surface area contributed by atoms with Gasteiger partial charge in [-0.1, -0.05) is 6.07 Å². The van der Waals surface area contributed by atoms with Crippen LogP contribution in [0.15, 0.2) is 30.7 Å². The van der Waals surface area contributed by atoms with E-state index in [1.165, 1.54) is 6.33 Å². The van der Waals surface area contributed by atoms with Crippen molar-refractivity contribution >= 4 is 11.6 Å². The van der Waals surface area contributed by atoms with Crippen molar-refractivity contribution in [3.05, 3.63) is 42.4 Å². The van der Waals surface area contributed by atoms with Crippen LogP contribution in [0.4, 0.5) is 0 Å². The van der Waals surface area contributed by atoms with Gasteiger partial charge in [-0.15, -0.1) is 10.2 Å². The minimum absolute atomic E-state index is 0.170. The largest absolute Gasteiger partial charge is 0.342 e. The van der Waals surface area contributed by atoms with Gasteiger partial charge in [-0.2, -0.15) is 5.10 Å². The summed E-state index contributed by atoms with van der Waals surface area (Å²) >= 11 is 0. The Morgan fingerprint density at radius 2 is 2.33 bits per heavy atom. The smallest absolute Gasteiger partial charge is 0.288 e. The minimum Gasteiger partial charge on any atom is -0.342 e. The first kappa shape index (κ1) is 10.4. The van der Waals surface area contributed by atoms with E-state index in [4.69, 9.17) is 0 Å². The molecule has 8 heteroatoms. The summed E-state index contributed by atoms with van der Waals surface area (Å²) in [4.78, 5) is 15.4. The van der Waals surface area contributed by atoms with E-state index in [2.05, 4.69) is 30.7 Å². The first-order valence-electron chi connectivity index (χ1n) is 5.27. The zero-order valence-electron chi connectivity index (χ0n) is 9.24. The number of hydrogen-bond donors (Lipinski definition) is 2. The highest BCUT2D eigenvalue weighted by Gasteiger charge is 2.10. The topological polar surface area (TPSA) is 101 Å². The zero-order chi connectivity index (χ0) is 12.4. The van der Waals surface area contributed by atoms with E-state index in [0.717, 1.165) is 5.65 Å². The van der Waals surface area contributed by atoms with Crippen LogP contribution in [-0.4, -0.2) is 35.7 Å². The number of carbonyl (C=O) groups excluding carboxylic acids is 1. The minimum atomic E-state index is -0.333. The molecule has 90 valence electrons. The van der Waals surface area contributed by atoms with Crippen molar-refractivity contribution in [3.8, 4) is 0 Å². The van der Waals surface area contributed by atoms with Crippen LogP contribution in [0.3, 0.4) is 0 Å². The maximum absolute atomic E-state index is 11.6. The van der Waals surface area contributed by atoms with Gasteiger partial charge < -0.3 is 5.32 Å². The molecule has 0 saturated carbocycles. The Morgan fingerprint density at radius 3 is 3.17 bits per heavy atom. The van der Waals surface area contributed by atoms with E-state index in [9.17, 15) is 4.79 Å². The summed E-state index contributed by atoms with van der Waals surface area (Å²) < 4.78 is 1.81. The molecule has 0 aliphatic heterocycles. The second kappa shape index (κ2) is 4.24. The number of H-pyrrole nitrogens is 1. The highest BCUT2D eigenvalue weighted by molar-refractivity contribution is 5.90. The van der Waals surface area contributed by atoms with Gasteiger partial charge in [0.05, 0.1) is 6.54 Å². The van der Waals surface area contributed by atoms with Gasteiger partial charge in [0, 0.05) is 6.20 Å². The Kier molecular flexibility index (Phi) is 2.45. The third kappa shape index (κ3) is 1.79. The lowest BCUT2D eigenvalue weighted by atomic mass is 10.4. The second-order valence-corrected chi connectivity index (χ2v) is 3.56. The zero-order valence-corrected chi connectivity index (χ0v) is 9.24. The molecule has 2 N–H and O–H groups in total. The van der Waals surface area contributed by atoms with Crippen molar-refractivity contribution in [1.82, 2.24) is 35.1 Å². The predicted octanol–water partition coefficient (Wildman–Crippen LogP) is -0.223. The number of amides is 1. The third-order valence-corrected chi connectivity index (χ3v) is 2.42. The molecule has 18 heavy (non-hydrogen) atoms. The molecule has 0 unspecified atom stereocenters. The maximum Gasteiger partial charge on any atom is 0.288 e. The number of rotatable bonds is 3. The van der Waals surface area contributed by atoms with E-state index in [-0.39, 0.29) is 18.3 Å². The Morgan fingerprint density at radius 1 is 1.39 bits per heavy atom. The van der Waals surface area contributed by atoms with Gasteiger partial charge in [0.1, 0.15) is 6.33 Å². The van der Waals surface area contributed by atoms with Crippen molar-refractivity contribution < 1.29 is 4.79 Å². The molecule has 0 fully saturated rings. The third-order valence-electron chi connectivity index (χ3n) is 2.42. The molecule has 0 aliphatic carbocycles. The molecule has 1 amide bonds. The van der Waals surface area contributed by atoms with Gasteiger partial charge in [0.15, 0.2) is 11.5 Å². The van der Waals surface area contributed by atoms with E-state index in [1.54, 1.807) is 4.40 Å². The molecule has 0 aromatic carbocycles. The number of fused-ring (bicyclic) bond motifs is 1. The fourth-order valence-electron chi connectivity index (χ4n) is 1.57. The van der Waals surface area contributed by atoms with Crippen LogP contribution in [0.5, 0.6) is 0 Å². The summed E-state index contributed by atoms with van der Waals surface area (Å²) in [6, 6.07) is 5.59. The summed E-state index contributed by atoms with van der Waals surface area (Å²) in [6.45, 7) is 0.269. The fourth-order valence-corrected chi connectivity index (χ4v) is 1.57. The maximum atomic E-state index is 11.6. The SMILES string of the molecule is O=C(NCc1nnc2ccccn12)c1ncn[nH]1. The van der Waals surface area contributed by atoms with E-state index in [0.29, 0.717) is 5.82 Å². The van der Waals surface area contributed by atoms with Crippen LogP contribution >= 0.6 is 0 Å². The molecule has 0 atom stereocenters. The van der Waals surface area contributed by atoms with E-state index in [1.807, 2.05) is 24.4 Å². The lowest BCUT2D eigenvalue weighted by Gasteiger charge is -2.01. The molecule has 0 saturated heterocycles. The summed E-state index contributed by atoms with van der Waals surface area (Å²) in [6.07, 6.45) is 3.12. The van der Waals surface area contributed by atoms with Crippen molar-refractivity contribution in [3.63, 3.8) is 0 Å². The number of carbonyl (C=O) groups is 1. The number of nitrogens with zero attached hydrogens (tertiary/aromatic N) is 5. The molecule has 3 rings (SSSR count). The van der Waals surface area contributed by atoms with Crippen molar-refractivity contribution in [2.24, 2.45) is 0 Å². The van der Waals surface area contributed by atoms with Crippen molar-refractivity contribution in [2.45, 2.75) is 6.54 Å². The predicted molar refractivity (Wildman–Crippen MR) is 60.5 cm³/mol. The number of hydrogen-bond acceptors (Lipinski definition) is 5. The summed E-state index contributed by atoms with van der Waals surface area (Å²) in [5.74, 6) is 0.488. The fraction of sp³-hybridized carbons (Fsp3) is 0.100. The highest BCUT2D eigenvalue weighted by atomic mass is 16.2. The van der Waals surface area contributed by atoms with Gasteiger partial charge in [-0.05, 0) is 12.1 Å². The lowest BCUT2D eigenvalue weighted by molar-refractivity contribution is 0.0940. The standard InChI is InChI=1S/C10H9N7O/c18-10(9-12-6-13-16-9)11-5-8-15-14-7-3-1-2-4-17(7)8/h1-4,6H,5H2,(H,11,18)(H,12,13,16). The van der Waals surface area contributed by atoms with Crippen LogP contribution < -0.4 is 5.32 Å². The lowest BCUT2D eigenvalue weighted by Crippen LogP contribution is -2.25. The Hall–Kier alpha value is -2.77. The van der Waals surface area contributed by atoms with Gasteiger partial charge >= 0.3 is 0 Å². The first-order valence-corrected chi connectivity index (χ1v) is 5.27. The van der Waals surface area contributed by atoms with Crippen LogP contribution in [0.1, 0.15) is 16.4 Å².